The Kier molecular flexibility index (Phi) is 7.51. The molecule has 0 radical (unpaired) electrons. The summed E-state index contributed by atoms with van der Waals surface area (Å²) >= 11 is 5.96. The number of nitrogen functional groups attached to an aromatic ring is 1. The first-order chi connectivity index (χ1) is 16.1. The molecule has 2 heterocycles. The zero-order valence-corrected chi connectivity index (χ0v) is 18.5. The van der Waals surface area contributed by atoms with Gasteiger partial charge in [-0.15, -0.1) is 0 Å². The van der Waals surface area contributed by atoms with E-state index in [4.69, 9.17) is 22.4 Å². The highest BCUT2D eigenvalue weighted by Gasteiger charge is 2.43. The number of hydrazine groups is 1. The van der Waals surface area contributed by atoms with E-state index in [0.29, 0.717) is 0 Å². The van der Waals surface area contributed by atoms with Gasteiger partial charge >= 0.3 is 5.97 Å². The highest BCUT2D eigenvalue weighted by molar-refractivity contribution is 6.33. The van der Waals surface area contributed by atoms with Crippen LogP contribution < -0.4 is 16.4 Å². The molecular formula is C21H22ClN5O7. The number of aldehydes is 1. The lowest BCUT2D eigenvalue weighted by molar-refractivity contribution is -0.166. The fourth-order valence-corrected chi connectivity index (χ4v) is 3.78. The van der Waals surface area contributed by atoms with Crippen molar-refractivity contribution in [1.29, 1.82) is 0 Å². The quantitative estimate of drug-likeness (QED) is 0.299. The van der Waals surface area contributed by atoms with Crippen LogP contribution in [0.1, 0.15) is 36.0 Å². The number of carbonyl (C=O) groups is 6. The number of halogens is 1. The maximum atomic E-state index is 13.4. The monoisotopic (exact) mass is 491 g/mol. The van der Waals surface area contributed by atoms with E-state index in [1.807, 2.05) is 0 Å². The van der Waals surface area contributed by atoms with Gasteiger partial charge in [0, 0.05) is 18.2 Å². The molecule has 0 unspecified atom stereocenters. The predicted molar refractivity (Wildman–Crippen MR) is 118 cm³/mol. The van der Waals surface area contributed by atoms with Gasteiger partial charge in [-0.25, -0.2) is 10.0 Å². The molecule has 1 aromatic carbocycles. The number of carboxylic acids is 1. The number of amides is 4. The predicted octanol–water partition coefficient (Wildman–Crippen LogP) is -0.169. The van der Waals surface area contributed by atoms with Crippen molar-refractivity contribution < 1.29 is 33.9 Å². The van der Waals surface area contributed by atoms with Crippen LogP contribution >= 0.6 is 11.6 Å². The van der Waals surface area contributed by atoms with E-state index in [2.05, 4.69) is 10.6 Å². The van der Waals surface area contributed by atoms with Crippen molar-refractivity contribution >= 4 is 53.2 Å². The van der Waals surface area contributed by atoms with Gasteiger partial charge in [0.1, 0.15) is 18.4 Å². The second kappa shape index (κ2) is 10.3. The number of rotatable bonds is 7. The van der Waals surface area contributed by atoms with Crippen LogP contribution in [0.15, 0.2) is 30.5 Å². The van der Waals surface area contributed by atoms with E-state index in [9.17, 15) is 28.8 Å². The summed E-state index contributed by atoms with van der Waals surface area (Å²) in [6.07, 6.45) is 2.39. The van der Waals surface area contributed by atoms with E-state index in [-0.39, 0.29) is 41.8 Å². The lowest BCUT2D eigenvalue weighted by atomic mass is 10.1. The lowest BCUT2D eigenvalue weighted by Crippen LogP contribution is -2.62. The summed E-state index contributed by atoms with van der Waals surface area (Å²) < 4.78 is 0. The minimum Gasteiger partial charge on any atom is -0.481 e. The van der Waals surface area contributed by atoms with Crippen LogP contribution in [0.4, 0.5) is 5.69 Å². The summed E-state index contributed by atoms with van der Waals surface area (Å²) in [6.45, 7) is 0. The Hall–Kier alpha value is -3.93. The van der Waals surface area contributed by atoms with Crippen molar-refractivity contribution in [2.24, 2.45) is 0 Å². The first-order valence-electron chi connectivity index (χ1n) is 10.3. The van der Waals surface area contributed by atoms with Gasteiger partial charge < -0.3 is 26.3 Å². The molecule has 13 heteroatoms. The molecule has 0 aromatic heterocycles. The summed E-state index contributed by atoms with van der Waals surface area (Å²) in [5, 5.41) is 15.8. The van der Waals surface area contributed by atoms with Gasteiger partial charge in [0.25, 0.3) is 11.8 Å². The second-order valence-corrected chi connectivity index (χ2v) is 8.11. The number of carbonyl (C=O) groups excluding carboxylic acids is 5. The van der Waals surface area contributed by atoms with E-state index in [0.717, 1.165) is 10.0 Å². The van der Waals surface area contributed by atoms with Crippen molar-refractivity contribution in [3.63, 3.8) is 0 Å². The molecule has 1 saturated heterocycles. The highest BCUT2D eigenvalue weighted by atomic mass is 35.5. The Bertz CT molecular complexity index is 1080. The molecule has 3 atom stereocenters. The van der Waals surface area contributed by atoms with Gasteiger partial charge in [-0.3, -0.25) is 24.0 Å². The number of fused-ring (bicyclic) bond motifs is 1. The Morgan fingerprint density at radius 2 is 2.03 bits per heavy atom. The molecule has 1 aromatic rings. The molecule has 0 spiro atoms. The number of nitrogens with two attached hydrogens (primary N) is 1. The van der Waals surface area contributed by atoms with Gasteiger partial charge in [0.2, 0.25) is 11.8 Å². The molecule has 3 rings (SSSR count). The molecule has 0 aliphatic carbocycles. The van der Waals surface area contributed by atoms with Crippen LogP contribution in [0.5, 0.6) is 0 Å². The van der Waals surface area contributed by atoms with Crippen molar-refractivity contribution in [2.45, 2.75) is 43.8 Å². The first-order valence-corrected chi connectivity index (χ1v) is 10.6. The second-order valence-electron chi connectivity index (χ2n) is 7.71. The summed E-state index contributed by atoms with van der Waals surface area (Å²) in [7, 11) is 0. The molecule has 180 valence electrons. The molecule has 4 amide bonds. The average molecular weight is 492 g/mol. The largest absolute Gasteiger partial charge is 0.481 e. The standard InChI is InChI=1S/C21H22ClN5O7/c22-13-8-11(3-4-14(13)23)19(32)25-15-5-6-17(29)26-7-1-2-16(27(26)21(15)34)20(33)24-12(10-28)9-18(30)31/h1,3-4,7-8,10,12,15-16H,2,5-6,9,23H2,(H,24,33)(H,25,32)(H,30,31)/t12-,15-,16-/m0/s1. The average Bonchev–Trinajstić information content (AvgIpc) is 2.92. The molecular weight excluding hydrogens is 470 g/mol. The van der Waals surface area contributed by atoms with Gasteiger partial charge in [-0.05, 0) is 31.0 Å². The molecule has 12 nitrogen and oxygen atoms in total. The van der Waals surface area contributed by atoms with E-state index in [1.54, 1.807) is 0 Å². The smallest absolute Gasteiger partial charge is 0.305 e. The minimum atomic E-state index is -1.31. The number of hydrogen-bond acceptors (Lipinski definition) is 7. The summed E-state index contributed by atoms with van der Waals surface area (Å²) in [5.41, 5.74) is 6.07. The van der Waals surface area contributed by atoms with Crippen LogP contribution in [0, 0.1) is 0 Å². The van der Waals surface area contributed by atoms with Crippen LogP contribution in [0.2, 0.25) is 5.02 Å². The lowest BCUT2D eigenvalue weighted by Gasteiger charge is -2.39. The molecule has 0 bridgehead atoms. The van der Waals surface area contributed by atoms with Crippen molar-refractivity contribution in [2.75, 3.05) is 5.73 Å². The number of anilines is 1. The van der Waals surface area contributed by atoms with Gasteiger partial charge in [0.15, 0.2) is 0 Å². The molecule has 5 N–H and O–H groups in total. The fourth-order valence-electron chi connectivity index (χ4n) is 3.60. The third-order valence-electron chi connectivity index (χ3n) is 5.32. The van der Waals surface area contributed by atoms with Crippen molar-refractivity contribution in [3.8, 4) is 0 Å². The number of hydrogen-bond donors (Lipinski definition) is 4. The zero-order valence-electron chi connectivity index (χ0n) is 17.8. The molecule has 34 heavy (non-hydrogen) atoms. The fraction of sp³-hybridized carbons (Fsp3) is 0.333. The van der Waals surface area contributed by atoms with E-state index < -0.39 is 54.1 Å². The number of benzene rings is 1. The summed E-state index contributed by atoms with van der Waals surface area (Å²) in [6, 6.07) is 0.520. The Morgan fingerprint density at radius 1 is 1.29 bits per heavy atom. The Labute approximate surface area is 198 Å². The molecule has 1 fully saturated rings. The SMILES string of the molecule is Nc1ccc(C(=O)N[C@H]2CCC(=O)N3C=CC[C@@H](C(=O)N[C@H](C=O)CC(=O)O)N3C2=O)cc1Cl. The maximum Gasteiger partial charge on any atom is 0.305 e. The molecule has 2 aliphatic rings. The Balaban J connectivity index is 1.83. The summed E-state index contributed by atoms with van der Waals surface area (Å²) in [5.74, 6) is -3.93. The first kappa shape index (κ1) is 24.7. The van der Waals surface area contributed by atoms with E-state index >= 15 is 0 Å². The third-order valence-corrected chi connectivity index (χ3v) is 5.64. The third kappa shape index (κ3) is 5.34. The number of carboxylic acid groups (broad SMARTS) is 1. The topological polar surface area (TPSA) is 179 Å². The van der Waals surface area contributed by atoms with Crippen molar-refractivity contribution in [1.82, 2.24) is 20.7 Å². The Morgan fingerprint density at radius 3 is 2.68 bits per heavy atom. The van der Waals surface area contributed by atoms with Gasteiger partial charge in [-0.1, -0.05) is 17.7 Å². The number of aliphatic carboxylic acids is 1. The summed E-state index contributed by atoms with van der Waals surface area (Å²) in [4.78, 5) is 73.6. The number of nitrogens with one attached hydrogen (secondary N) is 2. The van der Waals surface area contributed by atoms with Crippen LogP contribution in [-0.2, 0) is 24.0 Å². The van der Waals surface area contributed by atoms with Crippen LogP contribution in [0.25, 0.3) is 0 Å². The maximum absolute atomic E-state index is 13.4. The highest BCUT2D eigenvalue weighted by Crippen LogP contribution is 2.25. The van der Waals surface area contributed by atoms with Gasteiger partial charge in [-0.2, -0.15) is 0 Å². The number of nitrogens with zero attached hydrogens (tertiary/aromatic N) is 2. The van der Waals surface area contributed by atoms with Crippen molar-refractivity contribution in [3.05, 3.63) is 41.1 Å². The van der Waals surface area contributed by atoms with Gasteiger partial charge in [0.05, 0.1) is 23.2 Å². The normalized spacial score (nSPS) is 20.7. The van der Waals surface area contributed by atoms with Crippen LogP contribution in [-0.4, -0.2) is 69.1 Å². The zero-order chi connectivity index (χ0) is 25.0. The molecule has 2 aliphatic heterocycles. The molecule has 0 saturated carbocycles. The van der Waals surface area contributed by atoms with E-state index in [1.165, 1.54) is 30.5 Å². The van der Waals surface area contributed by atoms with Crippen LogP contribution in [0.3, 0.4) is 0 Å². The minimum absolute atomic E-state index is 0.00817.